The number of aliphatic imine (C=N–C) groups is 1. The summed E-state index contributed by atoms with van der Waals surface area (Å²) in [6.45, 7) is 2.80. The summed E-state index contributed by atoms with van der Waals surface area (Å²) >= 11 is 5.74. The second kappa shape index (κ2) is 5.50. The number of halogens is 1. The summed E-state index contributed by atoms with van der Waals surface area (Å²) in [5.41, 5.74) is 6.53. The summed E-state index contributed by atoms with van der Waals surface area (Å²) in [5.74, 6) is 0.439. The van der Waals surface area contributed by atoms with Crippen molar-refractivity contribution in [2.75, 3.05) is 11.9 Å². The molecule has 14 heavy (non-hydrogen) atoms. The molecule has 0 aliphatic heterocycles. The van der Waals surface area contributed by atoms with Crippen molar-refractivity contribution in [3.63, 3.8) is 0 Å². The molecule has 1 aromatic carbocycles. The van der Waals surface area contributed by atoms with E-state index in [-0.39, 0.29) is 0 Å². The van der Waals surface area contributed by atoms with Crippen molar-refractivity contribution in [2.24, 2.45) is 10.7 Å². The molecule has 0 heterocycles. The van der Waals surface area contributed by atoms with Crippen molar-refractivity contribution >= 4 is 23.2 Å². The zero-order valence-corrected chi connectivity index (χ0v) is 8.88. The van der Waals surface area contributed by atoms with Gasteiger partial charge >= 0.3 is 0 Å². The first-order chi connectivity index (χ1) is 6.72. The van der Waals surface area contributed by atoms with Crippen LogP contribution in [0.5, 0.6) is 0 Å². The highest BCUT2D eigenvalue weighted by Gasteiger charge is 1.93. The molecule has 0 radical (unpaired) electrons. The van der Waals surface area contributed by atoms with Gasteiger partial charge in [0.1, 0.15) is 0 Å². The Labute approximate surface area is 89.0 Å². The molecule has 0 unspecified atom stereocenters. The fraction of sp³-hybridized carbons (Fsp3) is 0.300. The van der Waals surface area contributed by atoms with E-state index in [1.54, 1.807) is 12.1 Å². The van der Waals surface area contributed by atoms with Gasteiger partial charge in [-0.1, -0.05) is 18.5 Å². The van der Waals surface area contributed by atoms with Crippen LogP contribution in [0.1, 0.15) is 13.3 Å². The summed E-state index contributed by atoms with van der Waals surface area (Å²) in [6.07, 6.45) is 0.989. The number of nitrogens with two attached hydrogens (primary N) is 1. The predicted octanol–water partition coefficient (Wildman–Crippen LogP) is 2.48. The van der Waals surface area contributed by atoms with Gasteiger partial charge < -0.3 is 11.1 Å². The molecule has 0 amide bonds. The number of nitrogens with one attached hydrogen (secondary N) is 1. The predicted molar refractivity (Wildman–Crippen MR) is 61.9 cm³/mol. The van der Waals surface area contributed by atoms with E-state index >= 15 is 0 Å². The molecule has 0 saturated carbocycles. The fourth-order valence-electron chi connectivity index (χ4n) is 0.953. The maximum Gasteiger partial charge on any atom is 0.193 e. The Morgan fingerprint density at radius 3 is 2.64 bits per heavy atom. The van der Waals surface area contributed by atoms with E-state index in [2.05, 4.69) is 17.2 Å². The third kappa shape index (κ3) is 3.66. The highest BCUT2D eigenvalue weighted by atomic mass is 35.5. The Hall–Kier alpha value is -1.22. The second-order valence-electron chi connectivity index (χ2n) is 2.90. The molecule has 0 aromatic heterocycles. The molecule has 4 heteroatoms. The maximum absolute atomic E-state index is 5.74. The molecule has 0 aliphatic carbocycles. The lowest BCUT2D eigenvalue weighted by molar-refractivity contribution is 0.929. The van der Waals surface area contributed by atoms with Crippen LogP contribution < -0.4 is 11.1 Å². The average Bonchev–Trinajstić information content (AvgIpc) is 2.18. The van der Waals surface area contributed by atoms with Gasteiger partial charge in [-0.3, -0.25) is 4.99 Å². The average molecular weight is 212 g/mol. The van der Waals surface area contributed by atoms with E-state index in [4.69, 9.17) is 17.3 Å². The lowest BCUT2D eigenvalue weighted by atomic mass is 10.3. The van der Waals surface area contributed by atoms with Crippen molar-refractivity contribution < 1.29 is 0 Å². The Bertz CT molecular complexity index is 306. The molecule has 3 nitrogen and oxygen atoms in total. The third-order valence-corrected chi connectivity index (χ3v) is 1.87. The largest absolute Gasteiger partial charge is 0.370 e. The van der Waals surface area contributed by atoms with Crippen LogP contribution >= 0.6 is 11.6 Å². The Kier molecular flexibility index (Phi) is 4.26. The molecule has 1 rings (SSSR count). The zero-order valence-electron chi connectivity index (χ0n) is 8.13. The lowest BCUT2D eigenvalue weighted by Gasteiger charge is -2.04. The molecule has 0 spiro atoms. The fourth-order valence-corrected chi connectivity index (χ4v) is 1.08. The number of benzene rings is 1. The van der Waals surface area contributed by atoms with E-state index in [0.29, 0.717) is 11.0 Å². The molecule has 0 aliphatic rings. The number of hydrogen-bond acceptors (Lipinski definition) is 1. The molecule has 0 bridgehead atoms. The quantitative estimate of drug-likeness (QED) is 0.596. The van der Waals surface area contributed by atoms with Crippen molar-refractivity contribution in [1.29, 1.82) is 0 Å². The first-order valence-electron chi connectivity index (χ1n) is 4.55. The van der Waals surface area contributed by atoms with Crippen LogP contribution in [-0.4, -0.2) is 12.5 Å². The van der Waals surface area contributed by atoms with Gasteiger partial charge in [0.2, 0.25) is 0 Å². The smallest absolute Gasteiger partial charge is 0.193 e. The first kappa shape index (κ1) is 10.9. The van der Waals surface area contributed by atoms with Gasteiger partial charge in [-0.2, -0.15) is 0 Å². The van der Waals surface area contributed by atoms with Crippen molar-refractivity contribution in [3.05, 3.63) is 29.3 Å². The second-order valence-corrected chi connectivity index (χ2v) is 3.34. The number of hydrogen-bond donors (Lipinski definition) is 2. The van der Waals surface area contributed by atoms with Crippen LogP contribution in [0.4, 0.5) is 5.69 Å². The van der Waals surface area contributed by atoms with E-state index in [1.807, 2.05) is 12.1 Å². The molecular weight excluding hydrogens is 198 g/mol. The van der Waals surface area contributed by atoms with Gasteiger partial charge in [0.15, 0.2) is 5.96 Å². The summed E-state index contributed by atoms with van der Waals surface area (Å²) in [6, 6.07) is 7.32. The van der Waals surface area contributed by atoms with Crippen molar-refractivity contribution in [3.8, 4) is 0 Å². The lowest BCUT2D eigenvalue weighted by Crippen LogP contribution is -2.22. The van der Waals surface area contributed by atoms with Crippen molar-refractivity contribution in [2.45, 2.75) is 13.3 Å². The van der Waals surface area contributed by atoms with Gasteiger partial charge in [0.05, 0.1) is 0 Å². The van der Waals surface area contributed by atoms with Crippen LogP contribution in [0.25, 0.3) is 0 Å². The molecule has 0 atom stereocenters. The number of rotatable bonds is 3. The number of nitrogens with zero attached hydrogens (tertiary/aromatic N) is 1. The SMILES string of the molecule is CCCN=C(N)Nc1ccc(Cl)cc1. The first-order valence-corrected chi connectivity index (χ1v) is 4.92. The molecule has 76 valence electrons. The van der Waals surface area contributed by atoms with Gasteiger partial charge in [-0.15, -0.1) is 0 Å². The van der Waals surface area contributed by atoms with Crippen molar-refractivity contribution in [1.82, 2.24) is 0 Å². The summed E-state index contributed by atoms with van der Waals surface area (Å²) < 4.78 is 0. The minimum Gasteiger partial charge on any atom is -0.370 e. The molecule has 3 N–H and O–H groups in total. The van der Waals surface area contributed by atoms with E-state index < -0.39 is 0 Å². The topological polar surface area (TPSA) is 50.4 Å². The standard InChI is InChI=1S/C10H14ClN3/c1-2-7-13-10(12)14-9-5-3-8(11)4-6-9/h3-6H,2,7H2,1H3,(H3,12,13,14). The Morgan fingerprint density at radius 1 is 1.43 bits per heavy atom. The Balaban J connectivity index is 2.56. The zero-order chi connectivity index (χ0) is 10.4. The van der Waals surface area contributed by atoms with Crippen LogP contribution in [-0.2, 0) is 0 Å². The monoisotopic (exact) mass is 211 g/mol. The highest BCUT2D eigenvalue weighted by Crippen LogP contribution is 2.12. The van der Waals surface area contributed by atoms with Gasteiger partial charge in [0.25, 0.3) is 0 Å². The summed E-state index contributed by atoms with van der Waals surface area (Å²) in [4.78, 5) is 4.11. The van der Waals surface area contributed by atoms with Crippen LogP contribution in [0.15, 0.2) is 29.3 Å². The number of guanidine groups is 1. The molecule has 0 saturated heterocycles. The minimum absolute atomic E-state index is 0.439. The van der Waals surface area contributed by atoms with E-state index in [1.165, 1.54) is 0 Å². The Morgan fingerprint density at radius 2 is 2.07 bits per heavy atom. The van der Waals surface area contributed by atoms with E-state index in [0.717, 1.165) is 18.7 Å². The van der Waals surface area contributed by atoms with Gasteiger partial charge in [-0.05, 0) is 30.7 Å². The molecular formula is C10H14ClN3. The normalized spacial score (nSPS) is 11.4. The summed E-state index contributed by atoms with van der Waals surface area (Å²) in [5, 5.41) is 3.68. The van der Waals surface area contributed by atoms with Crippen LogP contribution in [0, 0.1) is 0 Å². The molecule has 0 fully saturated rings. The third-order valence-electron chi connectivity index (χ3n) is 1.62. The van der Waals surface area contributed by atoms with E-state index in [9.17, 15) is 0 Å². The molecule has 1 aromatic rings. The van der Waals surface area contributed by atoms with Crippen LogP contribution in [0.2, 0.25) is 5.02 Å². The highest BCUT2D eigenvalue weighted by molar-refractivity contribution is 6.30. The maximum atomic E-state index is 5.74. The van der Waals surface area contributed by atoms with Gasteiger partial charge in [-0.25, -0.2) is 0 Å². The summed E-state index contributed by atoms with van der Waals surface area (Å²) in [7, 11) is 0. The minimum atomic E-state index is 0.439. The van der Waals surface area contributed by atoms with Gasteiger partial charge in [0, 0.05) is 17.3 Å². The number of anilines is 1. The van der Waals surface area contributed by atoms with Crippen LogP contribution in [0.3, 0.4) is 0 Å².